The van der Waals surface area contributed by atoms with E-state index < -0.39 is 17.3 Å². The van der Waals surface area contributed by atoms with Gasteiger partial charge >= 0.3 is 0 Å². The minimum absolute atomic E-state index is 0.243. The molecule has 0 bridgehead atoms. The van der Waals surface area contributed by atoms with E-state index in [1.54, 1.807) is 30.6 Å². The van der Waals surface area contributed by atoms with Crippen molar-refractivity contribution in [1.29, 1.82) is 0 Å². The van der Waals surface area contributed by atoms with Gasteiger partial charge in [-0.2, -0.15) is 4.72 Å². The molecular formula is C45H49Cl2N5O5S. The molecule has 2 aliphatic heterocycles. The van der Waals surface area contributed by atoms with E-state index in [2.05, 4.69) is 50.5 Å². The number of aromatic nitrogens is 2. The minimum Gasteiger partial charge on any atom is -0.588 e. The van der Waals surface area contributed by atoms with Crippen LogP contribution >= 0.6 is 23.2 Å². The first-order chi connectivity index (χ1) is 28.1. The number of para-hydroxylation sites is 1. The predicted octanol–water partition coefficient (Wildman–Crippen LogP) is 9.71. The summed E-state index contributed by atoms with van der Waals surface area (Å²) in [6.07, 6.45) is 6.81. The van der Waals surface area contributed by atoms with Crippen molar-refractivity contribution in [2.45, 2.75) is 50.8 Å². The van der Waals surface area contributed by atoms with Crippen LogP contribution in [0.1, 0.15) is 61.9 Å². The fourth-order valence-corrected chi connectivity index (χ4v) is 9.29. The second-order valence-electron chi connectivity index (χ2n) is 16.2. The van der Waals surface area contributed by atoms with Crippen molar-refractivity contribution in [3.05, 3.63) is 112 Å². The van der Waals surface area contributed by atoms with E-state index in [0.717, 1.165) is 87.8 Å². The number of hydrogen-bond acceptors (Lipinski definition) is 8. The Kier molecular flexibility index (Phi) is 12.5. The van der Waals surface area contributed by atoms with Gasteiger partial charge in [-0.15, -0.1) is 0 Å². The third-order valence-corrected chi connectivity index (χ3v) is 13.1. The Morgan fingerprint density at radius 2 is 1.78 bits per heavy atom. The summed E-state index contributed by atoms with van der Waals surface area (Å²) in [5.74, 6) is 1.20. The molecule has 0 saturated carbocycles. The first-order valence-corrected chi connectivity index (χ1v) is 21.9. The molecule has 1 atom stereocenters. The fourth-order valence-electron chi connectivity index (χ4n) is 8.05. The highest BCUT2D eigenvalue weighted by Crippen LogP contribution is 2.43. The van der Waals surface area contributed by atoms with E-state index in [1.807, 2.05) is 42.5 Å². The highest BCUT2D eigenvalue weighted by atomic mass is 35.5. The average Bonchev–Trinajstić information content (AvgIpc) is 3.72. The largest absolute Gasteiger partial charge is 0.588 e. The molecule has 8 rings (SSSR count). The van der Waals surface area contributed by atoms with Crippen molar-refractivity contribution in [2.24, 2.45) is 11.3 Å². The molecule has 4 aromatic carbocycles. The van der Waals surface area contributed by atoms with Gasteiger partial charge in [0.15, 0.2) is 10.6 Å². The number of amides is 1. The summed E-state index contributed by atoms with van der Waals surface area (Å²) in [5.41, 5.74) is 7.13. The lowest BCUT2D eigenvalue weighted by Gasteiger charge is -2.39. The number of benzene rings is 4. The van der Waals surface area contributed by atoms with E-state index in [1.165, 1.54) is 23.1 Å². The first-order valence-electron chi connectivity index (χ1n) is 20.0. The highest BCUT2D eigenvalue weighted by Gasteiger charge is 2.30. The van der Waals surface area contributed by atoms with Crippen LogP contribution in [0.15, 0.2) is 95.7 Å². The van der Waals surface area contributed by atoms with Crippen molar-refractivity contribution in [3.8, 4) is 17.2 Å². The lowest BCUT2D eigenvalue weighted by molar-refractivity contribution is 0.0497. The smallest absolute Gasteiger partial charge is 0.296 e. The molecule has 2 saturated heterocycles. The molecule has 13 heteroatoms. The lowest BCUT2D eigenvalue weighted by atomic mass is 9.72. The summed E-state index contributed by atoms with van der Waals surface area (Å²) in [6.45, 7) is 11.1. The van der Waals surface area contributed by atoms with Crippen molar-refractivity contribution in [1.82, 2.24) is 19.6 Å². The monoisotopic (exact) mass is 841 g/mol. The van der Waals surface area contributed by atoms with Crippen molar-refractivity contribution < 1.29 is 23.6 Å². The Bertz CT molecular complexity index is 2270. The van der Waals surface area contributed by atoms with Crippen molar-refractivity contribution >= 4 is 62.8 Å². The molecule has 10 nitrogen and oxygen atoms in total. The van der Waals surface area contributed by atoms with Crippen LogP contribution in [0.25, 0.3) is 16.6 Å². The second-order valence-corrected chi connectivity index (χ2v) is 18.2. The van der Waals surface area contributed by atoms with Gasteiger partial charge in [-0.05, 0) is 103 Å². The van der Waals surface area contributed by atoms with Crippen molar-refractivity contribution in [2.75, 3.05) is 57.4 Å². The number of carbonyl (C=O) groups excluding carboxylic acids is 1. The number of imidazole rings is 1. The van der Waals surface area contributed by atoms with Crippen LogP contribution in [0, 0.1) is 11.3 Å². The van der Waals surface area contributed by atoms with Crippen LogP contribution in [-0.2, 0) is 16.1 Å². The van der Waals surface area contributed by atoms with Gasteiger partial charge < -0.3 is 28.6 Å². The van der Waals surface area contributed by atoms with E-state index >= 15 is 0 Å². The number of allylic oxidation sites excluding steroid dienone is 1. The number of hydrogen-bond donors (Lipinski definition) is 2. The van der Waals surface area contributed by atoms with Crippen LogP contribution in [0.5, 0.6) is 17.2 Å². The summed E-state index contributed by atoms with van der Waals surface area (Å²) >= 11 is 10.9. The van der Waals surface area contributed by atoms with Gasteiger partial charge in [0.05, 0.1) is 29.0 Å². The number of aromatic amines is 1. The Morgan fingerprint density at radius 1 is 0.983 bits per heavy atom. The molecule has 1 aliphatic carbocycles. The van der Waals surface area contributed by atoms with E-state index in [-0.39, 0.29) is 11.0 Å². The summed E-state index contributed by atoms with van der Waals surface area (Å²) in [6, 6.07) is 24.4. The van der Waals surface area contributed by atoms with E-state index in [4.69, 9.17) is 37.4 Å². The predicted molar refractivity (Wildman–Crippen MR) is 232 cm³/mol. The molecule has 0 spiro atoms. The number of anilines is 1. The van der Waals surface area contributed by atoms with E-state index in [9.17, 15) is 9.35 Å². The standard InChI is InChI=1S/C45H49Cl2N5O5S/c1-45(2)17-14-32(37(26-45)31-6-8-33(46)9-7-31)27-51-18-20-52(21-19-51)34-10-12-36(42(24-34)57-41-5-3-4-39-43(41)49-29-48-39)44(53)50-58(54)35-11-13-40(38(47)25-35)56-28-30-15-22-55-23-16-30/h3-13,24-25,29-30H,14-23,26-28H2,1-2H3,(H,48,49)(H,50,53). The fraction of sp³-hybridized carbons (Fsp3) is 0.378. The van der Waals surface area contributed by atoms with Crippen LogP contribution in [0.3, 0.4) is 0 Å². The summed E-state index contributed by atoms with van der Waals surface area (Å²) in [5, 5.41) is 1.08. The maximum Gasteiger partial charge on any atom is 0.296 e. The Hall–Kier alpha value is -4.23. The number of H-pyrrole nitrogens is 1. The number of carbonyl (C=O) groups is 1. The summed E-state index contributed by atoms with van der Waals surface area (Å²) in [4.78, 5) is 26.7. The van der Waals surface area contributed by atoms with Gasteiger partial charge in [-0.3, -0.25) is 9.69 Å². The molecule has 1 unspecified atom stereocenters. The number of nitrogens with one attached hydrogen (secondary N) is 2. The zero-order valence-corrected chi connectivity index (χ0v) is 35.2. The topological polar surface area (TPSA) is 115 Å². The normalized spacial score (nSPS) is 18.3. The van der Waals surface area contributed by atoms with Crippen LogP contribution in [0.4, 0.5) is 5.69 Å². The van der Waals surface area contributed by atoms with Crippen LogP contribution < -0.4 is 19.1 Å². The number of nitrogens with zero attached hydrogens (tertiary/aromatic N) is 3. The van der Waals surface area contributed by atoms with Crippen molar-refractivity contribution in [3.63, 3.8) is 0 Å². The SMILES string of the molecule is CC1(C)CCC(CN2CCN(c3ccc(C(=O)N[S+]([O-])c4ccc(OCC5CCOCC5)c(Cl)c4)c(Oc4cccc5[nH]cnc45)c3)CC2)=C(c2ccc(Cl)cc2)C1. The maximum absolute atomic E-state index is 13.9. The third-order valence-electron chi connectivity index (χ3n) is 11.5. The minimum atomic E-state index is -1.90. The molecule has 2 fully saturated rings. The quantitative estimate of drug-likeness (QED) is 0.119. The Morgan fingerprint density at radius 3 is 2.55 bits per heavy atom. The molecule has 58 heavy (non-hydrogen) atoms. The maximum atomic E-state index is 13.9. The molecule has 1 aromatic heterocycles. The van der Waals surface area contributed by atoms with Gasteiger partial charge in [0, 0.05) is 68.8 Å². The zero-order chi connectivity index (χ0) is 40.2. The van der Waals surface area contributed by atoms with Gasteiger partial charge in [0.2, 0.25) is 0 Å². The van der Waals surface area contributed by atoms with Gasteiger partial charge in [0.25, 0.3) is 5.91 Å². The molecule has 3 aliphatic rings. The first kappa shape index (κ1) is 40.5. The van der Waals surface area contributed by atoms with Crippen LogP contribution in [-0.4, -0.2) is 77.9 Å². The number of halogens is 2. The molecule has 304 valence electrons. The molecular weight excluding hydrogens is 793 g/mol. The molecule has 3 heterocycles. The molecule has 5 aromatic rings. The van der Waals surface area contributed by atoms with Crippen LogP contribution in [0.2, 0.25) is 10.0 Å². The number of fused-ring (bicyclic) bond motifs is 1. The van der Waals surface area contributed by atoms with E-state index in [0.29, 0.717) is 45.2 Å². The highest BCUT2D eigenvalue weighted by molar-refractivity contribution is 7.90. The number of ether oxygens (including phenoxy) is 3. The average molecular weight is 843 g/mol. The third kappa shape index (κ3) is 9.62. The zero-order valence-electron chi connectivity index (χ0n) is 32.9. The van der Waals surface area contributed by atoms with Gasteiger partial charge in [-0.1, -0.05) is 60.8 Å². The second kappa shape index (κ2) is 17.9. The molecule has 2 N–H and O–H groups in total. The summed E-state index contributed by atoms with van der Waals surface area (Å²) < 4.78 is 34.1. The number of rotatable bonds is 12. The van der Waals surface area contributed by atoms with Gasteiger partial charge in [0.1, 0.15) is 28.4 Å². The number of piperazine rings is 1. The summed E-state index contributed by atoms with van der Waals surface area (Å²) in [7, 11) is 0. The molecule has 1 amide bonds. The van der Waals surface area contributed by atoms with Gasteiger partial charge in [-0.25, -0.2) is 4.98 Å². The lowest BCUT2D eigenvalue weighted by Crippen LogP contribution is -2.47. The Balaban J connectivity index is 0.974. The molecule has 0 radical (unpaired) electrons. The Labute approximate surface area is 353 Å².